The Hall–Kier alpha value is -4.43. The molecule has 232 valence electrons. The summed E-state index contributed by atoms with van der Waals surface area (Å²) >= 11 is 7.07. The zero-order valence-electron chi connectivity index (χ0n) is 23.6. The molecule has 1 aliphatic carbocycles. The number of methoxy groups -OCH3 is 1. The van der Waals surface area contributed by atoms with E-state index in [-0.39, 0.29) is 37.8 Å². The monoisotopic (exact) mass is 741 g/mol. The summed E-state index contributed by atoms with van der Waals surface area (Å²) in [5.41, 5.74) is 0.0657. The highest BCUT2D eigenvalue weighted by Gasteiger charge is 2.54. The number of nitrogens with zero attached hydrogens (tertiary/aromatic N) is 3. The summed E-state index contributed by atoms with van der Waals surface area (Å²) in [5, 5.41) is 12.7. The number of benzene rings is 3. The predicted octanol–water partition coefficient (Wildman–Crippen LogP) is 4.98. The number of nitro groups is 1. The van der Waals surface area contributed by atoms with Gasteiger partial charge in [0.15, 0.2) is 5.78 Å². The van der Waals surface area contributed by atoms with Gasteiger partial charge < -0.3 is 9.47 Å². The van der Waals surface area contributed by atoms with Crippen molar-refractivity contribution in [3.63, 3.8) is 0 Å². The maximum atomic E-state index is 13.7. The van der Waals surface area contributed by atoms with Gasteiger partial charge in [0.25, 0.3) is 23.4 Å². The number of imide groups is 1. The number of fused-ring (bicyclic) bond motifs is 1. The minimum atomic E-state index is -0.854. The first kappa shape index (κ1) is 32.0. The Morgan fingerprint density at radius 3 is 2.00 bits per heavy atom. The molecule has 1 saturated heterocycles. The molecule has 1 saturated carbocycles. The zero-order valence-corrected chi connectivity index (χ0v) is 26.8. The number of hydrogen-bond acceptors (Lipinski definition) is 9. The molecule has 1 heterocycles. The van der Waals surface area contributed by atoms with Gasteiger partial charge in [-0.25, -0.2) is 9.80 Å². The van der Waals surface area contributed by atoms with E-state index >= 15 is 0 Å². The molecule has 0 radical (unpaired) electrons. The number of alkyl halides is 2. The molecule has 3 amide bonds. The normalized spacial score (nSPS) is 20.7. The number of ether oxygens (including phenoxy) is 2. The highest BCUT2D eigenvalue weighted by Crippen LogP contribution is 2.43. The lowest BCUT2D eigenvalue weighted by Crippen LogP contribution is -2.52. The van der Waals surface area contributed by atoms with E-state index in [4.69, 9.17) is 9.47 Å². The Kier molecular flexibility index (Phi) is 9.44. The average molecular weight is 743 g/mol. The summed E-state index contributed by atoms with van der Waals surface area (Å²) < 4.78 is 10.5. The molecule has 2 aliphatic rings. The number of Topliss-reactive ketones (excluding diaryl/α,β-unsaturated/α-hetero) is 1. The number of esters is 1. The van der Waals surface area contributed by atoms with Gasteiger partial charge in [0.05, 0.1) is 29.4 Å². The predicted molar refractivity (Wildman–Crippen MR) is 166 cm³/mol. The molecular formula is C31H25Br2N3O9. The van der Waals surface area contributed by atoms with E-state index in [1.807, 2.05) is 0 Å². The van der Waals surface area contributed by atoms with Crippen LogP contribution in [0, 0.1) is 22.0 Å². The summed E-state index contributed by atoms with van der Waals surface area (Å²) in [6.45, 7) is -0.675. The third-order valence-corrected chi connectivity index (χ3v) is 10.4. The molecule has 0 spiro atoms. The van der Waals surface area contributed by atoms with Crippen LogP contribution in [0.3, 0.4) is 0 Å². The van der Waals surface area contributed by atoms with E-state index in [1.165, 1.54) is 49.6 Å². The number of halogens is 2. The lowest BCUT2D eigenvalue weighted by atomic mass is 9.81. The summed E-state index contributed by atoms with van der Waals surface area (Å²) in [4.78, 5) is 77.3. The number of carbonyl (C=O) groups excluding carboxylic acids is 5. The highest BCUT2D eigenvalue weighted by atomic mass is 79.9. The fourth-order valence-corrected chi connectivity index (χ4v) is 6.51. The van der Waals surface area contributed by atoms with E-state index in [0.29, 0.717) is 18.6 Å². The number of non-ortho nitro benzene ring substituents is 1. The second-order valence-electron chi connectivity index (χ2n) is 10.4. The Balaban J connectivity index is 1.38. The van der Waals surface area contributed by atoms with Crippen LogP contribution in [0.5, 0.6) is 11.5 Å². The van der Waals surface area contributed by atoms with Crippen LogP contribution in [-0.2, 0) is 9.59 Å². The van der Waals surface area contributed by atoms with Gasteiger partial charge in [-0.3, -0.25) is 29.3 Å². The first-order chi connectivity index (χ1) is 21.5. The maximum absolute atomic E-state index is 13.7. The van der Waals surface area contributed by atoms with Crippen molar-refractivity contribution < 1.29 is 38.4 Å². The number of carbonyl (C=O) groups is 5. The van der Waals surface area contributed by atoms with Crippen molar-refractivity contribution in [3.05, 3.63) is 99.6 Å². The third kappa shape index (κ3) is 6.66. The van der Waals surface area contributed by atoms with Crippen molar-refractivity contribution in [2.24, 2.45) is 11.8 Å². The summed E-state index contributed by atoms with van der Waals surface area (Å²) in [5.74, 6) is -4.04. The molecule has 12 nitrogen and oxygen atoms in total. The Labute approximate surface area is 273 Å². The largest absolute Gasteiger partial charge is 0.497 e. The average Bonchev–Trinajstić information content (AvgIpc) is 3.27. The van der Waals surface area contributed by atoms with Gasteiger partial charge in [-0.15, -0.1) is 0 Å². The van der Waals surface area contributed by atoms with E-state index in [1.54, 1.807) is 18.2 Å². The number of ketones is 1. The van der Waals surface area contributed by atoms with Gasteiger partial charge in [0.2, 0.25) is 0 Å². The lowest BCUT2D eigenvalue weighted by molar-refractivity contribution is -0.384. The van der Waals surface area contributed by atoms with Crippen LogP contribution in [0.1, 0.15) is 43.9 Å². The van der Waals surface area contributed by atoms with Crippen LogP contribution in [0.15, 0.2) is 72.8 Å². The third-order valence-electron chi connectivity index (χ3n) is 7.67. The van der Waals surface area contributed by atoms with Crippen molar-refractivity contribution in [3.8, 4) is 11.5 Å². The Bertz CT molecular complexity index is 1650. The van der Waals surface area contributed by atoms with Crippen LogP contribution in [0.4, 0.5) is 5.69 Å². The van der Waals surface area contributed by atoms with Gasteiger partial charge in [-0.05, 0) is 67.4 Å². The molecule has 2 fully saturated rings. The first-order valence-corrected chi connectivity index (χ1v) is 15.5. The molecule has 14 heteroatoms. The molecule has 0 N–H and O–H groups in total. The van der Waals surface area contributed by atoms with Crippen molar-refractivity contribution in [2.45, 2.75) is 22.5 Å². The molecule has 5 rings (SSSR count). The molecule has 1 aliphatic heterocycles. The standard InChI is InChI=1S/C31H25Br2N3O9/c1-44-22-4-2-3-19(13-22)31(41)45-21-11-7-17(8-12-21)27(37)16-34(28(38)18-5-9-20(10-6-18)36(42)43)35-29(39)23-14-25(32)26(33)15-24(23)30(35)40/h2-13,23-26H,14-16H2,1H3/t23-,24-,25-,26+/m1/s1. The quantitative estimate of drug-likeness (QED) is 0.0562. The van der Waals surface area contributed by atoms with Crippen molar-refractivity contribution in [1.29, 1.82) is 0 Å². The smallest absolute Gasteiger partial charge is 0.343 e. The van der Waals surface area contributed by atoms with Crippen LogP contribution < -0.4 is 9.47 Å². The number of rotatable bonds is 9. The summed E-state index contributed by atoms with van der Waals surface area (Å²) in [6.07, 6.45) is 0.705. The molecule has 3 aromatic carbocycles. The second-order valence-corrected chi connectivity index (χ2v) is 12.8. The maximum Gasteiger partial charge on any atom is 0.343 e. The van der Waals surface area contributed by atoms with Crippen molar-refractivity contribution in [1.82, 2.24) is 10.0 Å². The van der Waals surface area contributed by atoms with E-state index in [9.17, 15) is 34.1 Å². The van der Waals surface area contributed by atoms with E-state index in [2.05, 4.69) is 31.9 Å². The minimum Gasteiger partial charge on any atom is -0.497 e. The Morgan fingerprint density at radius 1 is 0.867 bits per heavy atom. The molecular weight excluding hydrogens is 718 g/mol. The Morgan fingerprint density at radius 2 is 1.44 bits per heavy atom. The van der Waals surface area contributed by atoms with Crippen molar-refractivity contribution >= 4 is 67.0 Å². The minimum absolute atomic E-state index is 0.0552. The SMILES string of the molecule is COc1cccc(C(=O)Oc2ccc(C(=O)CN(C(=O)c3ccc([N+](=O)[O-])cc3)N3C(=O)[C@@H]4C[C@@H](Br)[C@@H](Br)C[C@H]4C3=O)cc2)c1. The number of hydrazine groups is 1. The first-order valence-electron chi connectivity index (χ1n) is 13.7. The van der Waals surface area contributed by atoms with Gasteiger partial charge in [0, 0.05) is 32.9 Å². The molecule has 3 aromatic rings. The number of nitro benzene ring substituents is 1. The van der Waals surface area contributed by atoms with Crippen LogP contribution >= 0.6 is 31.9 Å². The van der Waals surface area contributed by atoms with Gasteiger partial charge in [-0.1, -0.05) is 37.9 Å². The number of amides is 3. The van der Waals surface area contributed by atoms with Crippen molar-refractivity contribution in [2.75, 3.05) is 13.7 Å². The molecule has 0 bridgehead atoms. The van der Waals surface area contributed by atoms with Crippen LogP contribution in [0.2, 0.25) is 0 Å². The van der Waals surface area contributed by atoms with E-state index in [0.717, 1.165) is 22.2 Å². The van der Waals surface area contributed by atoms with Gasteiger partial charge in [0.1, 0.15) is 18.0 Å². The second kappa shape index (κ2) is 13.3. The highest BCUT2D eigenvalue weighted by molar-refractivity contribution is 9.12. The van der Waals surface area contributed by atoms with E-state index < -0.39 is 52.8 Å². The van der Waals surface area contributed by atoms with Crippen LogP contribution in [0.25, 0.3) is 0 Å². The zero-order chi connectivity index (χ0) is 32.4. The molecule has 4 atom stereocenters. The molecule has 0 aromatic heterocycles. The molecule has 0 unspecified atom stereocenters. The molecule has 45 heavy (non-hydrogen) atoms. The summed E-state index contributed by atoms with van der Waals surface area (Å²) in [6, 6.07) is 16.6. The fraction of sp³-hybridized carbons (Fsp3) is 0.258. The fourth-order valence-electron chi connectivity index (χ4n) is 5.28. The topological polar surface area (TPSA) is 153 Å². The van der Waals surface area contributed by atoms with Crippen LogP contribution in [-0.4, -0.2) is 67.7 Å². The summed E-state index contributed by atoms with van der Waals surface area (Å²) in [7, 11) is 1.47. The lowest BCUT2D eigenvalue weighted by Gasteiger charge is -2.30. The van der Waals surface area contributed by atoms with Gasteiger partial charge >= 0.3 is 5.97 Å². The number of hydrogen-bond donors (Lipinski definition) is 0. The van der Waals surface area contributed by atoms with Gasteiger partial charge in [-0.2, -0.15) is 5.01 Å².